The molecule has 1 rings (SSSR count). The molecule has 0 aliphatic carbocycles. The Morgan fingerprint density at radius 1 is 1.17 bits per heavy atom. The van der Waals surface area contributed by atoms with Gasteiger partial charge < -0.3 is 10.4 Å². The molecule has 18 heavy (non-hydrogen) atoms. The monoisotopic (exact) mass is 249 g/mol. The number of hydrogen-bond donors (Lipinski definition) is 2. The molecule has 0 unspecified atom stereocenters. The van der Waals surface area contributed by atoms with E-state index < -0.39 is 5.97 Å². The highest BCUT2D eigenvalue weighted by atomic mass is 16.4. The first-order chi connectivity index (χ1) is 8.72. The third-order valence-corrected chi connectivity index (χ3v) is 2.88. The zero-order chi connectivity index (χ0) is 13.2. The van der Waals surface area contributed by atoms with Gasteiger partial charge in [-0.1, -0.05) is 37.6 Å². The summed E-state index contributed by atoms with van der Waals surface area (Å²) >= 11 is 0. The van der Waals surface area contributed by atoms with Gasteiger partial charge in [-0.25, -0.2) is 0 Å². The fraction of sp³-hybridized carbons (Fsp3) is 0.533. The predicted molar refractivity (Wildman–Crippen MR) is 73.6 cm³/mol. The van der Waals surface area contributed by atoms with Crippen molar-refractivity contribution in [3.63, 3.8) is 0 Å². The highest BCUT2D eigenvalue weighted by Gasteiger charge is 1.97. The van der Waals surface area contributed by atoms with Gasteiger partial charge in [0.15, 0.2) is 0 Å². The number of nitrogens with one attached hydrogen (secondary N) is 1. The fourth-order valence-electron chi connectivity index (χ4n) is 1.87. The van der Waals surface area contributed by atoms with Gasteiger partial charge in [0.25, 0.3) is 0 Å². The minimum absolute atomic E-state index is 0.271. The molecular formula is C15H23NO2. The van der Waals surface area contributed by atoms with Crippen molar-refractivity contribution in [1.82, 2.24) is 5.32 Å². The van der Waals surface area contributed by atoms with Crippen molar-refractivity contribution < 1.29 is 9.90 Å². The first kappa shape index (κ1) is 14.7. The number of unbranched alkanes of at least 4 members (excludes halogenated alkanes) is 1. The van der Waals surface area contributed by atoms with Gasteiger partial charge in [-0.05, 0) is 36.9 Å². The summed E-state index contributed by atoms with van der Waals surface area (Å²) < 4.78 is 0. The molecule has 0 fully saturated rings. The van der Waals surface area contributed by atoms with Gasteiger partial charge in [0.05, 0.1) is 0 Å². The second kappa shape index (κ2) is 8.70. The van der Waals surface area contributed by atoms with Crippen molar-refractivity contribution in [3.05, 3.63) is 35.4 Å². The Balaban J connectivity index is 2.13. The van der Waals surface area contributed by atoms with Gasteiger partial charge in [-0.15, -0.1) is 0 Å². The molecule has 0 radical (unpaired) electrons. The van der Waals surface area contributed by atoms with E-state index in [2.05, 4.69) is 36.5 Å². The van der Waals surface area contributed by atoms with Gasteiger partial charge >= 0.3 is 5.97 Å². The van der Waals surface area contributed by atoms with Crippen LogP contribution in [0.2, 0.25) is 0 Å². The van der Waals surface area contributed by atoms with E-state index in [-0.39, 0.29) is 6.42 Å². The first-order valence-electron chi connectivity index (χ1n) is 6.72. The number of aliphatic carboxylic acids is 1. The molecule has 0 aliphatic rings. The third-order valence-electron chi connectivity index (χ3n) is 2.88. The van der Waals surface area contributed by atoms with Crippen molar-refractivity contribution in [2.24, 2.45) is 0 Å². The Bertz CT molecular complexity index is 346. The van der Waals surface area contributed by atoms with Crippen molar-refractivity contribution >= 4 is 5.97 Å². The molecule has 0 saturated heterocycles. The zero-order valence-corrected chi connectivity index (χ0v) is 11.1. The van der Waals surface area contributed by atoms with E-state index >= 15 is 0 Å². The molecule has 1 aromatic carbocycles. The topological polar surface area (TPSA) is 49.3 Å². The molecule has 0 spiro atoms. The maximum Gasteiger partial charge on any atom is 0.303 e. The number of carboxylic acids is 1. The highest BCUT2D eigenvalue weighted by molar-refractivity contribution is 5.66. The standard InChI is InChI=1S/C15H23NO2/c1-2-5-13-7-9-14(10-8-13)12-16-11-4-3-6-15(17)18/h7-10,16H,2-6,11-12H2,1H3,(H,17,18). The van der Waals surface area contributed by atoms with Crippen LogP contribution in [-0.2, 0) is 17.8 Å². The fourth-order valence-corrected chi connectivity index (χ4v) is 1.87. The first-order valence-corrected chi connectivity index (χ1v) is 6.72. The number of aryl methyl sites for hydroxylation is 1. The van der Waals surface area contributed by atoms with Gasteiger partial charge in [-0.2, -0.15) is 0 Å². The van der Waals surface area contributed by atoms with Gasteiger partial charge in [-0.3, -0.25) is 4.79 Å². The minimum Gasteiger partial charge on any atom is -0.481 e. The van der Waals surface area contributed by atoms with Crippen LogP contribution in [0.1, 0.15) is 43.7 Å². The lowest BCUT2D eigenvalue weighted by Crippen LogP contribution is -2.14. The SMILES string of the molecule is CCCc1ccc(CNCCCCC(=O)O)cc1. The van der Waals surface area contributed by atoms with E-state index in [1.807, 2.05) is 0 Å². The summed E-state index contributed by atoms with van der Waals surface area (Å²) in [5, 5.41) is 11.8. The number of hydrogen-bond acceptors (Lipinski definition) is 2. The van der Waals surface area contributed by atoms with Crippen LogP contribution in [-0.4, -0.2) is 17.6 Å². The van der Waals surface area contributed by atoms with Gasteiger partial charge in [0.2, 0.25) is 0 Å². The Labute approximate surface area is 109 Å². The van der Waals surface area contributed by atoms with Crippen molar-refractivity contribution in [2.45, 2.75) is 45.6 Å². The van der Waals surface area contributed by atoms with Crippen LogP contribution in [0.4, 0.5) is 0 Å². The smallest absolute Gasteiger partial charge is 0.303 e. The van der Waals surface area contributed by atoms with Crippen LogP contribution in [0.5, 0.6) is 0 Å². The number of benzene rings is 1. The maximum absolute atomic E-state index is 10.3. The van der Waals surface area contributed by atoms with E-state index in [0.29, 0.717) is 0 Å². The summed E-state index contributed by atoms with van der Waals surface area (Å²) in [5.74, 6) is -0.707. The van der Waals surface area contributed by atoms with E-state index in [9.17, 15) is 4.79 Å². The molecule has 3 heteroatoms. The molecule has 2 N–H and O–H groups in total. The van der Waals surface area contributed by atoms with Crippen molar-refractivity contribution in [3.8, 4) is 0 Å². The Morgan fingerprint density at radius 3 is 2.44 bits per heavy atom. The summed E-state index contributed by atoms with van der Waals surface area (Å²) in [6.07, 6.45) is 4.26. The molecular weight excluding hydrogens is 226 g/mol. The molecule has 1 aromatic rings. The molecule has 0 atom stereocenters. The van der Waals surface area contributed by atoms with Crippen LogP contribution in [0.25, 0.3) is 0 Å². The van der Waals surface area contributed by atoms with Crippen LogP contribution in [0, 0.1) is 0 Å². The molecule has 0 saturated carbocycles. The average Bonchev–Trinajstić information content (AvgIpc) is 2.35. The maximum atomic E-state index is 10.3. The van der Waals surface area contributed by atoms with E-state index in [0.717, 1.165) is 32.4 Å². The van der Waals surface area contributed by atoms with Crippen molar-refractivity contribution in [1.29, 1.82) is 0 Å². The molecule has 100 valence electrons. The Hall–Kier alpha value is -1.35. The van der Waals surface area contributed by atoms with E-state index in [4.69, 9.17) is 5.11 Å². The second-order valence-electron chi connectivity index (χ2n) is 4.59. The van der Waals surface area contributed by atoms with Crippen molar-refractivity contribution in [2.75, 3.05) is 6.54 Å². The molecule has 0 heterocycles. The van der Waals surface area contributed by atoms with Crippen LogP contribution in [0.3, 0.4) is 0 Å². The number of carboxylic acid groups (broad SMARTS) is 1. The number of carbonyl (C=O) groups is 1. The molecule has 0 aliphatic heterocycles. The Morgan fingerprint density at radius 2 is 1.83 bits per heavy atom. The molecule has 0 bridgehead atoms. The molecule has 0 aromatic heterocycles. The number of rotatable bonds is 9. The van der Waals surface area contributed by atoms with Crippen LogP contribution in [0.15, 0.2) is 24.3 Å². The predicted octanol–water partition coefficient (Wildman–Crippen LogP) is 2.98. The summed E-state index contributed by atoms with van der Waals surface area (Å²) in [5.41, 5.74) is 2.68. The highest BCUT2D eigenvalue weighted by Crippen LogP contribution is 2.06. The normalized spacial score (nSPS) is 10.5. The zero-order valence-electron chi connectivity index (χ0n) is 11.1. The van der Waals surface area contributed by atoms with E-state index in [1.165, 1.54) is 17.5 Å². The summed E-state index contributed by atoms with van der Waals surface area (Å²) in [7, 11) is 0. The molecule has 0 amide bonds. The molecule has 3 nitrogen and oxygen atoms in total. The van der Waals surface area contributed by atoms with Crippen LogP contribution >= 0.6 is 0 Å². The van der Waals surface area contributed by atoms with Gasteiger partial charge in [0.1, 0.15) is 0 Å². The largest absolute Gasteiger partial charge is 0.481 e. The van der Waals surface area contributed by atoms with Crippen LogP contribution < -0.4 is 5.32 Å². The average molecular weight is 249 g/mol. The lowest BCUT2D eigenvalue weighted by atomic mass is 10.1. The lowest BCUT2D eigenvalue weighted by Gasteiger charge is -2.05. The van der Waals surface area contributed by atoms with Gasteiger partial charge in [0, 0.05) is 13.0 Å². The lowest BCUT2D eigenvalue weighted by molar-refractivity contribution is -0.137. The summed E-state index contributed by atoms with van der Waals surface area (Å²) in [6.45, 7) is 3.93. The third kappa shape index (κ3) is 6.40. The second-order valence-corrected chi connectivity index (χ2v) is 4.59. The summed E-state index contributed by atoms with van der Waals surface area (Å²) in [4.78, 5) is 10.3. The van der Waals surface area contributed by atoms with E-state index in [1.54, 1.807) is 0 Å². The minimum atomic E-state index is -0.707. The Kier molecular flexibility index (Phi) is 7.11. The quantitative estimate of drug-likeness (QED) is 0.661. The summed E-state index contributed by atoms with van der Waals surface area (Å²) in [6, 6.07) is 8.69.